The van der Waals surface area contributed by atoms with Gasteiger partial charge in [0.2, 0.25) is 0 Å². The molecule has 6 nitrogen and oxygen atoms in total. The van der Waals surface area contributed by atoms with Crippen molar-refractivity contribution in [3.63, 3.8) is 0 Å². The fourth-order valence-electron chi connectivity index (χ4n) is 0.418. The summed E-state index contributed by atoms with van der Waals surface area (Å²) in [6, 6.07) is 0. The monoisotopic (exact) mass is 232 g/mol. The molecule has 0 aromatic carbocycles. The van der Waals surface area contributed by atoms with Crippen LogP contribution in [0, 0.1) is 0 Å². The summed E-state index contributed by atoms with van der Waals surface area (Å²) in [7, 11) is 2.48. The second kappa shape index (κ2) is 9.88. The Labute approximate surface area is 93.8 Å². The Morgan fingerprint density at radius 2 is 1.19 bits per heavy atom. The molecule has 0 fully saturated rings. The van der Waals surface area contributed by atoms with Crippen LogP contribution in [0.5, 0.6) is 0 Å². The predicted molar refractivity (Wildman–Crippen MR) is 56.5 cm³/mol. The van der Waals surface area contributed by atoms with Gasteiger partial charge in [-0.05, 0) is 0 Å². The van der Waals surface area contributed by atoms with Crippen molar-refractivity contribution in [1.82, 2.24) is 0 Å². The van der Waals surface area contributed by atoms with Gasteiger partial charge in [-0.1, -0.05) is 13.2 Å². The van der Waals surface area contributed by atoms with Crippen LogP contribution >= 0.6 is 0 Å². The first-order chi connectivity index (χ1) is 7.44. The molecule has 0 aliphatic carbocycles. The average molecular weight is 232 g/mol. The molecule has 6 heteroatoms. The molecule has 0 unspecified atom stereocenters. The first-order valence-electron chi connectivity index (χ1n) is 4.18. The molecular weight excluding hydrogens is 216 g/mol. The third-order valence-electron chi connectivity index (χ3n) is 1.33. The third-order valence-corrected chi connectivity index (χ3v) is 1.33. The van der Waals surface area contributed by atoms with Crippen LogP contribution in [0.4, 0.5) is 0 Å². The van der Waals surface area contributed by atoms with Crippen LogP contribution in [0.25, 0.3) is 0 Å². The normalized spacial score (nSPS) is 8.25. The number of ether oxygens (including phenoxy) is 2. The number of esters is 2. The van der Waals surface area contributed by atoms with Crippen LogP contribution in [0.3, 0.4) is 0 Å². The van der Waals surface area contributed by atoms with Gasteiger partial charge in [0.15, 0.2) is 0 Å². The van der Waals surface area contributed by atoms with Crippen LogP contribution < -0.4 is 0 Å². The Morgan fingerprint density at radius 3 is 1.25 bits per heavy atom. The smallest absolute Gasteiger partial charge is 0.335 e. The van der Waals surface area contributed by atoms with Crippen LogP contribution in [-0.4, -0.2) is 49.6 Å². The molecule has 0 saturated heterocycles. The summed E-state index contributed by atoms with van der Waals surface area (Å²) in [6.45, 7) is 5.76. The molecule has 0 bridgehead atoms. The fourth-order valence-corrected chi connectivity index (χ4v) is 0.418. The zero-order chi connectivity index (χ0) is 13.1. The van der Waals surface area contributed by atoms with Crippen molar-refractivity contribution < 1.29 is 29.3 Å². The van der Waals surface area contributed by atoms with Crippen molar-refractivity contribution in [2.24, 2.45) is 0 Å². The summed E-state index contributed by atoms with van der Waals surface area (Å²) in [4.78, 5) is 20.5. The lowest BCUT2D eigenvalue weighted by atomic mass is 10.3. The van der Waals surface area contributed by atoms with Gasteiger partial charge in [0.1, 0.15) is 0 Å². The molecule has 2 N–H and O–H groups in total. The largest absolute Gasteiger partial charge is 0.466 e. The number of hydrogen-bond donors (Lipinski definition) is 2. The van der Waals surface area contributed by atoms with Crippen molar-refractivity contribution in [1.29, 1.82) is 0 Å². The van der Waals surface area contributed by atoms with E-state index in [2.05, 4.69) is 22.6 Å². The first-order valence-corrected chi connectivity index (χ1v) is 4.18. The number of rotatable bonds is 4. The Bertz CT molecular complexity index is 212. The lowest BCUT2D eigenvalue weighted by Crippen LogP contribution is -2.06. The number of carbonyl (C=O) groups excluding carboxylic acids is 2. The standard InChI is InChI=1S/2C5H8O3/c2*1-4(3-6)5(7)8-2/h2*6H,1,3H2,2H3. The maximum Gasteiger partial charge on any atom is 0.335 e. The van der Waals surface area contributed by atoms with E-state index in [9.17, 15) is 9.59 Å². The summed E-state index contributed by atoms with van der Waals surface area (Å²) in [6.07, 6.45) is 0. The van der Waals surface area contributed by atoms with E-state index in [1.54, 1.807) is 0 Å². The van der Waals surface area contributed by atoms with E-state index in [1.165, 1.54) is 14.2 Å². The van der Waals surface area contributed by atoms with E-state index in [1.807, 2.05) is 0 Å². The van der Waals surface area contributed by atoms with Gasteiger partial charge in [0, 0.05) is 0 Å². The van der Waals surface area contributed by atoms with E-state index in [0.29, 0.717) is 0 Å². The molecular formula is C10H16O6. The lowest BCUT2D eigenvalue weighted by molar-refractivity contribution is -0.137. The number of aliphatic hydroxyl groups excluding tert-OH is 2. The van der Waals surface area contributed by atoms with Gasteiger partial charge >= 0.3 is 11.9 Å². The Kier molecular flexibility index (Phi) is 10.3. The molecule has 0 spiro atoms. The molecule has 0 atom stereocenters. The maximum atomic E-state index is 10.3. The highest BCUT2D eigenvalue weighted by molar-refractivity contribution is 5.88. The summed E-state index contributed by atoms with van der Waals surface area (Å²) in [5, 5.41) is 16.5. The lowest BCUT2D eigenvalue weighted by Gasteiger charge is -1.95. The average Bonchev–Trinajstić information content (AvgIpc) is 2.35. The molecule has 0 heterocycles. The zero-order valence-corrected chi connectivity index (χ0v) is 9.36. The molecule has 0 radical (unpaired) electrons. The molecule has 0 aliphatic rings. The summed E-state index contributed by atoms with van der Waals surface area (Å²) in [5.74, 6) is -1.13. The van der Waals surface area contributed by atoms with Crippen LogP contribution in [0.1, 0.15) is 0 Å². The topological polar surface area (TPSA) is 93.1 Å². The van der Waals surface area contributed by atoms with Crippen LogP contribution in [0.15, 0.2) is 24.3 Å². The van der Waals surface area contributed by atoms with Gasteiger partial charge in [0.25, 0.3) is 0 Å². The Hall–Kier alpha value is -1.66. The van der Waals surface area contributed by atoms with Gasteiger partial charge in [-0.15, -0.1) is 0 Å². The van der Waals surface area contributed by atoms with Crippen molar-refractivity contribution in [3.05, 3.63) is 24.3 Å². The van der Waals surface area contributed by atoms with Gasteiger partial charge in [0.05, 0.1) is 38.6 Å². The highest BCUT2D eigenvalue weighted by atomic mass is 16.5. The molecule has 0 aromatic heterocycles. The van der Waals surface area contributed by atoms with Crippen molar-refractivity contribution in [3.8, 4) is 0 Å². The fraction of sp³-hybridized carbons (Fsp3) is 0.400. The minimum absolute atomic E-state index is 0.0764. The van der Waals surface area contributed by atoms with E-state index in [-0.39, 0.29) is 24.4 Å². The number of methoxy groups -OCH3 is 2. The molecule has 0 amide bonds. The number of hydrogen-bond acceptors (Lipinski definition) is 6. The third kappa shape index (κ3) is 7.72. The summed E-state index contributed by atoms with van der Waals surface area (Å²) >= 11 is 0. The van der Waals surface area contributed by atoms with Crippen LogP contribution in [-0.2, 0) is 19.1 Å². The molecule has 16 heavy (non-hydrogen) atoms. The molecule has 0 aromatic rings. The Morgan fingerprint density at radius 1 is 0.938 bits per heavy atom. The zero-order valence-electron chi connectivity index (χ0n) is 9.36. The quantitative estimate of drug-likeness (QED) is 0.497. The van der Waals surface area contributed by atoms with E-state index in [4.69, 9.17) is 10.2 Å². The predicted octanol–water partition coefficient (Wildman–Crippen LogP) is -0.584. The number of carbonyl (C=O) groups is 2. The van der Waals surface area contributed by atoms with E-state index in [0.717, 1.165) is 0 Å². The second-order valence-electron chi connectivity index (χ2n) is 2.51. The SMILES string of the molecule is C=C(CO)C(=O)OC.C=C(CO)C(=O)OC. The van der Waals surface area contributed by atoms with Gasteiger partial charge in [-0.2, -0.15) is 0 Å². The Balaban J connectivity index is 0. The van der Waals surface area contributed by atoms with Crippen molar-refractivity contribution >= 4 is 11.9 Å². The molecule has 92 valence electrons. The summed E-state index contributed by atoms with van der Waals surface area (Å²) < 4.78 is 8.41. The maximum absolute atomic E-state index is 10.3. The van der Waals surface area contributed by atoms with Gasteiger partial charge in [-0.3, -0.25) is 0 Å². The van der Waals surface area contributed by atoms with E-state index < -0.39 is 11.9 Å². The first kappa shape index (κ1) is 16.8. The van der Waals surface area contributed by atoms with Crippen molar-refractivity contribution in [2.75, 3.05) is 27.4 Å². The van der Waals surface area contributed by atoms with Gasteiger partial charge in [-0.25, -0.2) is 9.59 Å². The van der Waals surface area contributed by atoms with Crippen molar-refractivity contribution in [2.45, 2.75) is 0 Å². The molecule has 0 rings (SSSR count). The minimum Gasteiger partial charge on any atom is -0.466 e. The minimum atomic E-state index is -0.563. The molecule has 0 aliphatic heterocycles. The highest BCUT2D eigenvalue weighted by Crippen LogP contribution is 1.89. The van der Waals surface area contributed by atoms with E-state index >= 15 is 0 Å². The molecule has 0 saturated carbocycles. The number of aliphatic hydroxyl groups is 2. The summed E-state index contributed by atoms with van der Waals surface area (Å²) in [5.41, 5.74) is 0.153. The van der Waals surface area contributed by atoms with Crippen LogP contribution in [0.2, 0.25) is 0 Å². The second-order valence-corrected chi connectivity index (χ2v) is 2.51. The van der Waals surface area contributed by atoms with Gasteiger partial charge < -0.3 is 19.7 Å². The highest BCUT2D eigenvalue weighted by Gasteiger charge is 2.02.